The lowest BCUT2D eigenvalue weighted by Crippen LogP contribution is -2.51. The second kappa shape index (κ2) is 5.85. The SMILES string of the molecule is C[N+](C)(C)Cc1ccccc1[Si](C)(C1=C=CC=C1)C1=C=CC=C1. The van der Waals surface area contributed by atoms with Gasteiger partial charge in [-0.15, -0.1) is 11.5 Å². The minimum absolute atomic E-state index is 0.928. The highest BCUT2D eigenvalue weighted by Crippen LogP contribution is 2.29. The summed E-state index contributed by atoms with van der Waals surface area (Å²) in [5.41, 5.74) is 8.43. The lowest BCUT2D eigenvalue weighted by Gasteiger charge is -2.32. The summed E-state index contributed by atoms with van der Waals surface area (Å²) in [4.78, 5) is 0. The fourth-order valence-electron chi connectivity index (χ4n) is 3.37. The molecule has 0 unspecified atom stereocenters. The Morgan fingerprint density at radius 3 is 1.96 bits per heavy atom. The summed E-state index contributed by atoms with van der Waals surface area (Å²) in [5.74, 6) is 0. The van der Waals surface area contributed by atoms with Gasteiger partial charge in [-0.2, -0.15) is 0 Å². The summed E-state index contributed by atoms with van der Waals surface area (Å²) in [6.45, 7) is 3.46. The number of hydrogen-bond donors (Lipinski definition) is 0. The third-order valence-electron chi connectivity index (χ3n) is 4.47. The van der Waals surface area contributed by atoms with Crippen molar-refractivity contribution in [3.05, 3.63) is 88.1 Å². The molecular formula is C21H24NSi+. The molecular weight excluding hydrogens is 294 g/mol. The lowest BCUT2D eigenvalue weighted by atomic mass is 10.2. The van der Waals surface area contributed by atoms with Crippen molar-refractivity contribution in [2.45, 2.75) is 13.1 Å². The van der Waals surface area contributed by atoms with Gasteiger partial charge in [-0.05, 0) is 27.7 Å². The molecule has 0 aromatic heterocycles. The molecule has 2 heteroatoms. The normalized spacial score (nSPS) is 16.2. The molecule has 0 saturated heterocycles. The monoisotopic (exact) mass is 318 g/mol. The first-order valence-corrected chi connectivity index (χ1v) is 10.6. The molecule has 1 aromatic rings. The second-order valence-corrected chi connectivity index (χ2v) is 11.3. The Labute approximate surface area is 140 Å². The Bertz CT molecular complexity index is 780. The first-order valence-electron chi connectivity index (χ1n) is 8.08. The summed E-state index contributed by atoms with van der Waals surface area (Å²) in [5, 5.41) is 4.17. The average Bonchev–Trinajstić information content (AvgIpc) is 3.19. The number of rotatable bonds is 5. The summed E-state index contributed by atoms with van der Waals surface area (Å²) in [7, 11) is 4.71. The predicted octanol–water partition coefficient (Wildman–Crippen LogP) is 3.56. The van der Waals surface area contributed by atoms with Crippen molar-refractivity contribution < 1.29 is 4.48 Å². The van der Waals surface area contributed by atoms with Gasteiger partial charge in [0.25, 0.3) is 0 Å². The fourth-order valence-corrected chi connectivity index (χ4v) is 7.08. The first-order chi connectivity index (χ1) is 10.9. The molecule has 3 rings (SSSR count). The van der Waals surface area contributed by atoms with E-state index < -0.39 is 8.07 Å². The van der Waals surface area contributed by atoms with Crippen LogP contribution in [-0.2, 0) is 6.54 Å². The van der Waals surface area contributed by atoms with E-state index in [-0.39, 0.29) is 0 Å². The van der Waals surface area contributed by atoms with Crippen LogP contribution < -0.4 is 5.19 Å². The van der Waals surface area contributed by atoms with Gasteiger partial charge in [-0.1, -0.05) is 55.1 Å². The quantitative estimate of drug-likeness (QED) is 0.442. The lowest BCUT2D eigenvalue weighted by molar-refractivity contribution is -0.883. The molecule has 0 amide bonds. The van der Waals surface area contributed by atoms with Crippen molar-refractivity contribution in [3.8, 4) is 0 Å². The number of hydrogen-bond acceptors (Lipinski definition) is 0. The molecule has 23 heavy (non-hydrogen) atoms. The van der Waals surface area contributed by atoms with Crippen LogP contribution >= 0.6 is 0 Å². The zero-order valence-corrected chi connectivity index (χ0v) is 15.4. The molecule has 0 bridgehead atoms. The maximum absolute atomic E-state index is 3.49. The average molecular weight is 319 g/mol. The van der Waals surface area contributed by atoms with Crippen molar-refractivity contribution in [2.24, 2.45) is 0 Å². The summed E-state index contributed by atoms with van der Waals surface area (Å²) in [6.07, 6.45) is 12.7. The van der Waals surface area contributed by atoms with Gasteiger partial charge in [0.2, 0.25) is 0 Å². The maximum atomic E-state index is 3.49. The zero-order chi connectivity index (χ0) is 16.5. The molecule has 0 heterocycles. The summed E-state index contributed by atoms with van der Waals surface area (Å²) in [6, 6.07) is 8.94. The molecule has 0 spiro atoms. The Balaban J connectivity index is 2.20. The smallest absolute Gasteiger partial charge is 0.164 e. The van der Waals surface area contributed by atoms with E-state index in [0.717, 1.165) is 11.0 Å². The van der Waals surface area contributed by atoms with Crippen LogP contribution in [0.4, 0.5) is 0 Å². The maximum Gasteiger partial charge on any atom is 0.164 e. The van der Waals surface area contributed by atoms with E-state index in [9.17, 15) is 0 Å². The van der Waals surface area contributed by atoms with Gasteiger partial charge in [0, 0.05) is 5.56 Å². The molecule has 2 aliphatic rings. The predicted molar refractivity (Wildman–Crippen MR) is 101 cm³/mol. The van der Waals surface area contributed by atoms with Gasteiger partial charge < -0.3 is 4.48 Å². The largest absolute Gasteiger partial charge is 0.327 e. The molecule has 1 nitrogen and oxygen atoms in total. The molecule has 116 valence electrons. The van der Waals surface area contributed by atoms with Crippen molar-refractivity contribution in [1.82, 2.24) is 0 Å². The van der Waals surface area contributed by atoms with Crippen molar-refractivity contribution in [1.29, 1.82) is 0 Å². The summed E-state index contributed by atoms with van der Waals surface area (Å²) < 4.78 is 0.928. The van der Waals surface area contributed by atoms with E-state index in [1.807, 2.05) is 12.2 Å². The molecule has 0 aliphatic heterocycles. The van der Waals surface area contributed by atoms with Gasteiger partial charge in [0.1, 0.15) is 6.54 Å². The van der Waals surface area contributed by atoms with Gasteiger partial charge in [-0.3, -0.25) is 0 Å². The van der Waals surface area contributed by atoms with Crippen LogP contribution in [0.25, 0.3) is 0 Å². The van der Waals surface area contributed by atoms with E-state index in [2.05, 4.69) is 87.7 Å². The highest BCUT2D eigenvalue weighted by Gasteiger charge is 2.39. The Kier molecular flexibility index (Phi) is 4.02. The molecule has 2 aliphatic carbocycles. The van der Waals surface area contributed by atoms with Crippen LogP contribution in [0.3, 0.4) is 0 Å². The highest BCUT2D eigenvalue weighted by molar-refractivity contribution is 7.03. The van der Waals surface area contributed by atoms with Crippen LogP contribution in [0.1, 0.15) is 5.56 Å². The Morgan fingerprint density at radius 1 is 0.913 bits per heavy atom. The fraction of sp³-hybridized carbons (Fsp3) is 0.238. The molecule has 0 N–H and O–H groups in total. The second-order valence-electron chi connectivity index (χ2n) is 7.40. The van der Waals surface area contributed by atoms with Gasteiger partial charge >= 0.3 is 0 Å². The molecule has 0 fully saturated rings. The zero-order valence-electron chi connectivity index (χ0n) is 14.4. The van der Waals surface area contributed by atoms with Crippen LogP contribution in [0.5, 0.6) is 0 Å². The van der Waals surface area contributed by atoms with E-state index >= 15 is 0 Å². The molecule has 0 atom stereocenters. The number of quaternary nitrogens is 1. The van der Waals surface area contributed by atoms with Crippen LogP contribution in [0.15, 0.2) is 82.6 Å². The van der Waals surface area contributed by atoms with Crippen LogP contribution in [-0.4, -0.2) is 33.7 Å². The minimum Gasteiger partial charge on any atom is -0.327 e. The topological polar surface area (TPSA) is 0 Å². The summed E-state index contributed by atoms with van der Waals surface area (Å²) >= 11 is 0. The van der Waals surface area contributed by atoms with E-state index in [4.69, 9.17) is 0 Å². The standard InChI is InChI=1S/C21H24NSi/c1-22(2,3)17-18-11-5-10-16-21(18)23(4,19-12-6-7-13-19)20-14-8-9-15-20/h5-12,14,16H,17H2,1-4H3/q+1. The number of nitrogens with zero attached hydrogens (tertiary/aromatic N) is 1. The number of benzene rings is 1. The molecule has 0 saturated carbocycles. The van der Waals surface area contributed by atoms with E-state index in [1.54, 1.807) is 0 Å². The Hall–Kier alpha value is -2.08. The van der Waals surface area contributed by atoms with Crippen molar-refractivity contribution in [2.75, 3.05) is 21.1 Å². The molecule has 1 aromatic carbocycles. The van der Waals surface area contributed by atoms with Crippen molar-refractivity contribution in [3.63, 3.8) is 0 Å². The van der Waals surface area contributed by atoms with Crippen LogP contribution in [0.2, 0.25) is 6.55 Å². The van der Waals surface area contributed by atoms with E-state index in [1.165, 1.54) is 21.1 Å². The third kappa shape index (κ3) is 3.03. The van der Waals surface area contributed by atoms with Crippen molar-refractivity contribution >= 4 is 13.3 Å². The van der Waals surface area contributed by atoms with Gasteiger partial charge in [0.05, 0.1) is 21.1 Å². The highest BCUT2D eigenvalue weighted by atomic mass is 28.3. The van der Waals surface area contributed by atoms with E-state index in [0.29, 0.717) is 0 Å². The van der Waals surface area contributed by atoms with Gasteiger partial charge in [0.15, 0.2) is 8.07 Å². The number of allylic oxidation sites excluding steroid dienone is 6. The minimum atomic E-state index is -2.04. The first kappa shape index (κ1) is 15.8. The third-order valence-corrected chi connectivity index (χ3v) is 8.82. The molecule has 0 radical (unpaired) electrons. The van der Waals surface area contributed by atoms with Crippen LogP contribution in [0, 0.1) is 0 Å². The Morgan fingerprint density at radius 2 is 1.48 bits per heavy atom. The van der Waals surface area contributed by atoms with Gasteiger partial charge in [-0.25, -0.2) is 0 Å².